The highest BCUT2D eigenvalue weighted by Gasteiger charge is 2.28. The minimum Gasteiger partial charge on any atom is -0.341 e. The Kier molecular flexibility index (Phi) is 9.52. The van der Waals surface area contributed by atoms with Gasteiger partial charge in [-0.3, -0.25) is 9.69 Å². The van der Waals surface area contributed by atoms with Gasteiger partial charge in [0.25, 0.3) is 0 Å². The van der Waals surface area contributed by atoms with E-state index in [1.807, 2.05) is 0 Å². The van der Waals surface area contributed by atoms with Crippen molar-refractivity contribution >= 4 is 42.1 Å². The summed E-state index contributed by atoms with van der Waals surface area (Å²) < 4.78 is 0. The summed E-state index contributed by atoms with van der Waals surface area (Å²) in [5, 5.41) is 6.65. The molecule has 1 aromatic heterocycles. The van der Waals surface area contributed by atoms with Gasteiger partial charge in [-0.1, -0.05) is 0 Å². The lowest BCUT2D eigenvalue weighted by atomic mass is 9.95. The fourth-order valence-electron chi connectivity index (χ4n) is 3.37. The highest BCUT2D eigenvalue weighted by Crippen LogP contribution is 2.22. The molecular weight excluding hydrogens is 367 g/mol. The third kappa shape index (κ3) is 5.85. The van der Waals surface area contributed by atoms with Gasteiger partial charge >= 0.3 is 0 Å². The molecule has 1 amide bonds. The number of hydrogen-bond acceptors (Lipinski definition) is 5. The second-order valence-corrected chi connectivity index (χ2v) is 7.40. The Labute approximate surface area is 161 Å². The molecule has 0 aliphatic carbocycles. The van der Waals surface area contributed by atoms with Crippen molar-refractivity contribution in [2.24, 2.45) is 5.92 Å². The molecule has 2 aliphatic rings. The largest absolute Gasteiger partial charge is 0.341 e. The van der Waals surface area contributed by atoms with E-state index < -0.39 is 0 Å². The molecule has 1 aromatic rings. The number of hydrogen-bond donors (Lipinski definition) is 1. The second-order valence-electron chi connectivity index (χ2n) is 6.34. The molecule has 8 heteroatoms. The zero-order valence-electron chi connectivity index (χ0n) is 14.2. The topological polar surface area (TPSA) is 48.5 Å². The van der Waals surface area contributed by atoms with E-state index in [9.17, 15) is 4.79 Å². The van der Waals surface area contributed by atoms with Crippen LogP contribution < -0.4 is 5.32 Å². The van der Waals surface area contributed by atoms with Gasteiger partial charge in [-0.15, -0.1) is 36.2 Å². The van der Waals surface area contributed by atoms with Gasteiger partial charge in [0.1, 0.15) is 0 Å². The zero-order valence-corrected chi connectivity index (χ0v) is 16.6. The van der Waals surface area contributed by atoms with Crippen LogP contribution in [0.15, 0.2) is 5.38 Å². The molecule has 5 nitrogen and oxygen atoms in total. The predicted octanol–water partition coefficient (Wildman–Crippen LogP) is 2.33. The third-order valence-electron chi connectivity index (χ3n) is 4.64. The molecule has 0 radical (unpaired) electrons. The molecule has 24 heavy (non-hydrogen) atoms. The van der Waals surface area contributed by atoms with Crippen LogP contribution in [-0.2, 0) is 11.3 Å². The van der Waals surface area contributed by atoms with E-state index in [0.29, 0.717) is 5.91 Å². The van der Waals surface area contributed by atoms with E-state index >= 15 is 0 Å². The molecule has 0 aromatic carbocycles. The van der Waals surface area contributed by atoms with Crippen molar-refractivity contribution in [3.05, 3.63) is 16.1 Å². The molecule has 138 valence electrons. The average Bonchev–Trinajstić information content (AvgIpc) is 2.78. The number of nitrogens with one attached hydrogen (secondary N) is 1. The van der Waals surface area contributed by atoms with Gasteiger partial charge in [0, 0.05) is 37.5 Å². The molecule has 0 unspecified atom stereocenters. The molecule has 0 spiro atoms. The molecule has 2 fully saturated rings. The van der Waals surface area contributed by atoms with Gasteiger partial charge in [0.15, 0.2) is 0 Å². The Hall–Kier alpha value is -0.400. The Morgan fingerprint density at radius 2 is 2.00 bits per heavy atom. The van der Waals surface area contributed by atoms with E-state index in [2.05, 4.69) is 32.4 Å². The minimum atomic E-state index is 0. The summed E-state index contributed by atoms with van der Waals surface area (Å²) in [6.45, 7) is 8.77. The SMILES string of the molecule is Cc1nc(CN2CCC(C(=O)N3CCCNCC3)CC2)cs1.Cl.Cl. The minimum absolute atomic E-state index is 0. The summed E-state index contributed by atoms with van der Waals surface area (Å²) in [4.78, 5) is 21.7. The Morgan fingerprint density at radius 3 is 2.67 bits per heavy atom. The third-order valence-corrected chi connectivity index (χ3v) is 5.46. The smallest absolute Gasteiger partial charge is 0.225 e. The van der Waals surface area contributed by atoms with Crippen molar-refractivity contribution in [1.29, 1.82) is 0 Å². The maximum absolute atomic E-state index is 12.6. The molecule has 3 heterocycles. The van der Waals surface area contributed by atoms with E-state index in [-0.39, 0.29) is 30.7 Å². The quantitative estimate of drug-likeness (QED) is 0.854. The zero-order chi connectivity index (χ0) is 15.4. The first-order valence-corrected chi connectivity index (χ1v) is 9.23. The monoisotopic (exact) mass is 394 g/mol. The fourth-order valence-corrected chi connectivity index (χ4v) is 3.98. The van der Waals surface area contributed by atoms with Crippen LogP contribution in [0.3, 0.4) is 0 Å². The van der Waals surface area contributed by atoms with Gasteiger partial charge in [0.2, 0.25) is 5.91 Å². The van der Waals surface area contributed by atoms with Gasteiger partial charge in [-0.05, 0) is 45.8 Å². The lowest BCUT2D eigenvalue weighted by molar-refractivity contribution is -0.136. The Morgan fingerprint density at radius 1 is 1.25 bits per heavy atom. The van der Waals surface area contributed by atoms with E-state index in [0.717, 1.165) is 70.1 Å². The number of carbonyl (C=O) groups is 1. The normalized spacial score (nSPS) is 20.0. The maximum atomic E-state index is 12.6. The fraction of sp³-hybridized carbons (Fsp3) is 0.750. The molecule has 0 bridgehead atoms. The Bertz CT molecular complexity index is 498. The average molecular weight is 395 g/mol. The number of rotatable bonds is 3. The van der Waals surface area contributed by atoms with Crippen LogP contribution >= 0.6 is 36.2 Å². The molecule has 2 aliphatic heterocycles. The van der Waals surface area contributed by atoms with E-state index in [1.165, 1.54) is 5.69 Å². The summed E-state index contributed by atoms with van der Waals surface area (Å²) in [5.41, 5.74) is 1.17. The van der Waals surface area contributed by atoms with Crippen LogP contribution in [0.4, 0.5) is 0 Å². The van der Waals surface area contributed by atoms with Crippen LogP contribution in [0.25, 0.3) is 0 Å². The summed E-state index contributed by atoms with van der Waals surface area (Å²) in [6.07, 6.45) is 3.06. The number of amides is 1. The van der Waals surface area contributed by atoms with Crippen LogP contribution in [-0.4, -0.2) is 60.0 Å². The lowest BCUT2D eigenvalue weighted by Gasteiger charge is -2.33. The lowest BCUT2D eigenvalue weighted by Crippen LogP contribution is -2.43. The van der Waals surface area contributed by atoms with Crippen molar-refractivity contribution in [2.75, 3.05) is 39.3 Å². The van der Waals surface area contributed by atoms with Gasteiger partial charge in [0.05, 0.1) is 10.7 Å². The van der Waals surface area contributed by atoms with E-state index in [4.69, 9.17) is 0 Å². The summed E-state index contributed by atoms with van der Waals surface area (Å²) in [6, 6.07) is 0. The van der Waals surface area contributed by atoms with Crippen molar-refractivity contribution in [3.63, 3.8) is 0 Å². The van der Waals surface area contributed by atoms with Crippen molar-refractivity contribution in [3.8, 4) is 0 Å². The first-order valence-electron chi connectivity index (χ1n) is 8.35. The highest BCUT2D eigenvalue weighted by atomic mass is 35.5. The van der Waals surface area contributed by atoms with Gasteiger partial charge < -0.3 is 10.2 Å². The summed E-state index contributed by atoms with van der Waals surface area (Å²) in [7, 11) is 0. The number of piperidine rings is 1. The van der Waals surface area contributed by atoms with Crippen LogP contribution in [0.1, 0.15) is 30.0 Å². The first kappa shape index (κ1) is 21.6. The number of likely N-dealkylation sites (tertiary alicyclic amines) is 1. The molecule has 0 atom stereocenters. The maximum Gasteiger partial charge on any atom is 0.225 e. The standard InChI is InChI=1S/C16H26N4OS.2ClH/c1-13-18-15(12-22-13)11-19-8-3-14(4-9-19)16(21)20-7-2-5-17-6-10-20;;/h12,14,17H,2-11H2,1H3;2*1H. The van der Waals surface area contributed by atoms with Crippen LogP contribution in [0, 0.1) is 12.8 Å². The Balaban J connectivity index is 0.00000144. The second kappa shape index (κ2) is 10.6. The number of aromatic nitrogens is 1. The number of thiazole rings is 1. The molecule has 3 rings (SSSR count). The molecule has 2 saturated heterocycles. The number of halogens is 2. The van der Waals surface area contributed by atoms with Crippen LogP contribution in [0.5, 0.6) is 0 Å². The number of aryl methyl sites for hydroxylation is 1. The highest BCUT2D eigenvalue weighted by molar-refractivity contribution is 7.09. The van der Waals surface area contributed by atoms with Gasteiger partial charge in [-0.25, -0.2) is 4.98 Å². The van der Waals surface area contributed by atoms with Crippen molar-refractivity contribution in [1.82, 2.24) is 20.1 Å². The predicted molar refractivity (Wildman–Crippen MR) is 103 cm³/mol. The molecule has 1 N–H and O–H groups in total. The summed E-state index contributed by atoms with van der Waals surface area (Å²) in [5.74, 6) is 0.611. The van der Waals surface area contributed by atoms with Gasteiger partial charge in [-0.2, -0.15) is 0 Å². The first-order chi connectivity index (χ1) is 10.7. The summed E-state index contributed by atoms with van der Waals surface area (Å²) >= 11 is 1.71. The van der Waals surface area contributed by atoms with Crippen LogP contribution in [0.2, 0.25) is 0 Å². The molecule has 0 saturated carbocycles. The molecular formula is C16H28Cl2N4OS. The van der Waals surface area contributed by atoms with Crippen molar-refractivity contribution < 1.29 is 4.79 Å². The van der Waals surface area contributed by atoms with Crippen molar-refractivity contribution in [2.45, 2.75) is 32.7 Å². The number of carbonyl (C=O) groups excluding carboxylic acids is 1. The number of nitrogens with zero attached hydrogens (tertiary/aromatic N) is 3. The van der Waals surface area contributed by atoms with E-state index in [1.54, 1.807) is 11.3 Å².